The summed E-state index contributed by atoms with van der Waals surface area (Å²) in [7, 11) is 1.40. The molecule has 0 radical (unpaired) electrons. The molecule has 0 spiro atoms. The second kappa shape index (κ2) is 10.1. The zero-order valence-corrected chi connectivity index (χ0v) is 20.2. The SMILES string of the molecule is CCOC(=O)COc1cc(Br)c(/C=C2\C(=O)NC(=O)N(c3ccc4c(c3)OCO4)C2=O)cc1OC. The lowest BCUT2D eigenvalue weighted by atomic mass is 10.1. The summed E-state index contributed by atoms with van der Waals surface area (Å²) in [6.07, 6.45) is 1.31. The Morgan fingerprint density at radius 2 is 1.91 bits per heavy atom. The maximum absolute atomic E-state index is 13.2. The summed E-state index contributed by atoms with van der Waals surface area (Å²) in [5, 5.41) is 2.16. The van der Waals surface area contributed by atoms with Gasteiger partial charge in [0.05, 0.1) is 19.4 Å². The molecule has 0 aromatic heterocycles. The number of anilines is 1. The molecule has 2 aromatic rings. The lowest BCUT2D eigenvalue weighted by Gasteiger charge is -2.26. The number of nitrogens with zero attached hydrogens (tertiary/aromatic N) is 1. The van der Waals surface area contributed by atoms with Crippen LogP contribution in [0.2, 0.25) is 0 Å². The summed E-state index contributed by atoms with van der Waals surface area (Å²) in [5.74, 6) is -0.891. The fraction of sp³-hybridized carbons (Fsp3) is 0.217. The standard InChI is InChI=1S/C23H19BrN2O9/c1-3-32-20(27)10-33-19-9-15(24)12(7-17(19)31-2)6-14-21(28)25-23(30)26(22(14)29)13-4-5-16-18(8-13)35-11-34-16/h4-9H,3,10-11H2,1-2H3,(H,25,28,30)/b14-6+. The molecule has 1 saturated heterocycles. The highest BCUT2D eigenvalue weighted by Crippen LogP contribution is 2.37. The van der Waals surface area contributed by atoms with Crippen LogP contribution >= 0.6 is 15.9 Å². The van der Waals surface area contributed by atoms with Crippen LogP contribution < -0.4 is 29.2 Å². The highest BCUT2D eigenvalue weighted by atomic mass is 79.9. The van der Waals surface area contributed by atoms with Gasteiger partial charge in [0.2, 0.25) is 6.79 Å². The molecule has 2 aliphatic heterocycles. The average Bonchev–Trinajstić information content (AvgIpc) is 3.29. The number of hydrogen-bond donors (Lipinski definition) is 1. The lowest BCUT2D eigenvalue weighted by molar-refractivity contribution is -0.145. The first-order chi connectivity index (χ1) is 16.8. The van der Waals surface area contributed by atoms with Crippen LogP contribution in [0.15, 0.2) is 40.4 Å². The van der Waals surface area contributed by atoms with Crippen LogP contribution in [0.4, 0.5) is 10.5 Å². The van der Waals surface area contributed by atoms with Crippen molar-refractivity contribution >= 4 is 51.5 Å². The van der Waals surface area contributed by atoms with Gasteiger partial charge in [-0.15, -0.1) is 0 Å². The number of imide groups is 2. The van der Waals surface area contributed by atoms with Gasteiger partial charge in [-0.05, 0) is 42.8 Å². The van der Waals surface area contributed by atoms with Gasteiger partial charge in [0.25, 0.3) is 11.8 Å². The van der Waals surface area contributed by atoms with E-state index in [1.165, 1.54) is 37.5 Å². The summed E-state index contributed by atoms with van der Waals surface area (Å²) >= 11 is 3.37. The van der Waals surface area contributed by atoms with E-state index in [4.69, 9.17) is 23.7 Å². The first-order valence-electron chi connectivity index (χ1n) is 10.3. The molecule has 4 rings (SSSR count). The van der Waals surface area contributed by atoms with E-state index in [0.29, 0.717) is 21.5 Å². The third kappa shape index (κ3) is 4.92. The average molecular weight is 547 g/mol. The Labute approximate surface area is 207 Å². The van der Waals surface area contributed by atoms with Crippen molar-refractivity contribution in [3.63, 3.8) is 0 Å². The Kier molecular flexibility index (Phi) is 6.92. The fourth-order valence-electron chi connectivity index (χ4n) is 3.34. The number of hydrogen-bond acceptors (Lipinski definition) is 9. The summed E-state index contributed by atoms with van der Waals surface area (Å²) in [6, 6.07) is 6.69. The monoisotopic (exact) mass is 546 g/mol. The van der Waals surface area contributed by atoms with E-state index >= 15 is 0 Å². The molecule has 12 heteroatoms. The molecule has 0 aliphatic carbocycles. The van der Waals surface area contributed by atoms with E-state index in [0.717, 1.165) is 4.90 Å². The number of carbonyl (C=O) groups excluding carboxylic acids is 4. The largest absolute Gasteiger partial charge is 0.493 e. The number of amides is 4. The van der Waals surface area contributed by atoms with Gasteiger partial charge in [0, 0.05) is 10.5 Å². The van der Waals surface area contributed by atoms with Crippen molar-refractivity contribution in [2.75, 3.05) is 32.0 Å². The topological polar surface area (TPSA) is 130 Å². The molecule has 35 heavy (non-hydrogen) atoms. The second-order valence-corrected chi connectivity index (χ2v) is 7.97. The molecule has 0 bridgehead atoms. The van der Waals surface area contributed by atoms with Gasteiger partial charge in [-0.25, -0.2) is 14.5 Å². The molecule has 0 unspecified atom stereocenters. The molecule has 2 heterocycles. The zero-order chi connectivity index (χ0) is 25.1. The predicted octanol–water partition coefficient (Wildman–Crippen LogP) is 2.79. The molecule has 1 N–H and O–H groups in total. The van der Waals surface area contributed by atoms with Gasteiger partial charge in [0.1, 0.15) is 5.57 Å². The van der Waals surface area contributed by atoms with E-state index in [2.05, 4.69) is 21.2 Å². The summed E-state index contributed by atoms with van der Waals surface area (Å²) in [6.45, 7) is 1.60. The fourth-order valence-corrected chi connectivity index (χ4v) is 3.78. The van der Waals surface area contributed by atoms with Gasteiger partial charge in [-0.3, -0.25) is 14.9 Å². The van der Waals surface area contributed by atoms with E-state index in [1.807, 2.05) is 0 Å². The molecule has 0 atom stereocenters. The number of halogens is 1. The van der Waals surface area contributed by atoms with Crippen molar-refractivity contribution in [3.05, 3.63) is 45.9 Å². The van der Waals surface area contributed by atoms with Gasteiger partial charge >= 0.3 is 12.0 Å². The molecule has 0 saturated carbocycles. The van der Waals surface area contributed by atoms with Crippen molar-refractivity contribution in [2.24, 2.45) is 0 Å². The normalized spacial score (nSPS) is 15.8. The van der Waals surface area contributed by atoms with Gasteiger partial charge in [-0.2, -0.15) is 0 Å². The third-order valence-electron chi connectivity index (χ3n) is 4.95. The van der Waals surface area contributed by atoms with Gasteiger partial charge in [0.15, 0.2) is 29.6 Å². The number of methoxy groups -OCH3 is 1. The van der Waals surface area contributed by atoms with Crippen molar-refractivity contribution < 1.29 is 42.9 Å². The molecule has 1 fully saturated rings. The van der Waals surface area contributed by atoms with Crippen molar-refractivity contribution in [3.8, 4) is 23.0 Å². The number of barbiturate groups is 1. The summed E-state index contributed by atoms with van der Waals surface area (Å²) in [4.78, 5) is 50.7. The quantitative estimate of drug-likeness (QED) is 0.316. The molecule has 11 nitrogen and oxygen atoms in total. The minimum absolute atomic E-state index is 0.0257. The van der Waals surface area contributed by atoms with Crippen LogP contribution in [-0.2, 0) is 19.1 Å². The zero-order valence-electron chi connectivity index (χ0n) is 18.6. The maximum Gasteiger partial charge on any atom is 0.344 e. The maximum atomic E-state index is 13.2. The van der Waals surface area contributed by atoms with E-state index in [1.54, 1.807) is 13.0 Å². The summed E-state index contributed by atoms with van der Waals surface area (Å²) in [5.41, 5.74) is 0.309. The van der Waals surface area contributed by atoms with Crippen molar-refractivity contribution in [2.45, 2.75) is 6.92 Å². The Hall–Kier alpha value is -4.06. The highest BCUT2D eigenvalue weighted by molar-refractivity contribution is 9.10. The van der Waals surface area contributed by atoms with Crippen LogP contribution in [0.3, 0.4) is 0 Å². The van der Waals surface area contributed by atoms with Crippen LogP contribution in [0.1, 0.15) is 12.5 Å². The number of esters is 1. The minimum Gasteiger partial charge on any atom is -0.493 e. The Morgan fingerprint density at radius 3 is 2.66 bits per heavy atom. The predicted molar refractivity (Wildman–Crippen MR) is 124 cm³/mol. The van der Waals surface area contributed by atoms with E-state index in [9.17, 15) is 19.2 Å². The Bertz CT molecular complexity index is 1260. The van der Waals surface area contributed by atoms with Gasteiger partial charge in [-0.1, -0.05) is 15.9 Å². The van der Waals surface area contributed by atoms with Crippen molar-refractivity contribution in [1.29, 1.82) is 0 Å². The number of rotatable bonds is 7. The van der Waals surface area contributed by atoms with E-state index in [-0.39, 0.29) is 42.8 Å². The highest BCUT2D eigenvalue weighted by Gasteiger charge is 2.37. The molecular formula is C23H19BrN2O9. The number of nitrogens with one attached hydrogen (secondary N) is 1. The smallest absolute Gasteiger partial charge is 0.344 e. The number of fused-ring (bicyclic) bond motifs is 1. The Balaban J connectivity index is 1.64. The number of urea groups is 1. The number of carbonyl (C=O) groups is 4. The number of benzene rings is 2. The van der Waals surface area contributed by atoms with Crippen molar-refractivity contribution in [1.82, 2.24) is 5.32 Å². The summed E-state index contributed by atoms with van der Waals surface area (Å²) < 4.78 is 26.6. The molecule has 2 aromatic carbocycles. The van der Waals surface area contributed by atoms with Crippen LogP contribution in [0, 0.1) is 0 Å². The second-order valence-electron chi connectivity index (χ2n) is 7.11. The van der Waals surface area contributed by atoms with Gasteiger partial charge < -0.3 is 23.7 Å². The molecule has 2 aliphatic rings. The number of ether oxygens (including phenoxy) is 5. The van der Waals surface area contributed by atoms with Crippen LogP contribution in [0.5, 0.6) is 23.0 Å². The Morgan fingerprint density at radius 1 is 1.14 bits per heavy atom. The lowest BCUT2D eigenvalue weighted by Crippen LogP contribution is -2.54. The minimum atomic E-state index is -0.893. The first-order valence-corrected chi connectivity index (χ1v) is 11.1. The molecule has 4 amide bonds. The first kappa shape index (κ1) is 24.1. The van der Waals surface area contributed by atoms with E-state index < -0.39 is 23.8 Å². The van der Waals surface area contributed by atoms with Crippen LogP contribution in [-0.4, -0.2) is 50.9 Å². The molecular weight excluding hydrogens is 528 g/mol. The third-order valence-corrected chi connectivity index (χ3v) is 5.64. The molecule has 182 valence electrons. The van der Waals surface area contributed by atoms with Crippen LogP contribution in [0.25, 0.3) is 6.08 Å².